The minimum atomic E-state index is -0.121. The van der Waals surface area contributed by atoms with Gasteiger partial charge in [-0.3, -0.25) is 4.79 Å². The number of Topliss-reactive ketones (excluding diaryl/α,β-unsaturated/α-hetero) is 1. The molecule has 2 aliphatic rings. The number of carbonyl (C=O) groups is 1. The Morgan fingerprint density at radius 3 is 2.67 bits per heavy atom. The van der Waals surface area contributed by atoms with Gasteiger partial charge in [0.05, 0.1) is 5.54 Å². The van der Waals surface area contributed by atoms with E-state index in [0.717, 1.165) is 32.2 Å². The fraction of sp³-hybridized carbons (Fsp3) is 0.923. The zero-order valence-corrected chi connectivity index (χ0v) is 9.85. The van der Waals surface area contributed by atoms with Crippen LogP contribution in [0.4, 0.5) is 0 Å². The molecular weight excluding hydrogens is 186 g/mol. The maximum Gasteiger partial charge on any atom is 0.153 e. The van der Waals surface area contributed by atoms with Crippen LogP contribution in [0.1, 0.15) is 58.3 Å². The summed E-state index contributed by atoms with van der Waals surface area (Å²) < 4.78 is 0. The highest BCUT2D eigenvalue weighted by Crippen LogP contribution is 2.34. The molecule has 0 spiro atoms. The van der Waals surface area contributed by atoms with E-state index in [4.69, 9.17) is 0 Å². The molecule has 0 aromatic carbocycles. The molecule has 1 unspecified atom stereocenters. The average molecular weight is 209 g/mol. The van der Waals surface area contributed by atoms with Crippen LogP contribution in [-0.2, 0) is 4.79 Å². The molecule has 0 aromatic heterocycles. The van der Waals surface area contributed by atoms with E-state index < -0.39 is 0 Å². The summed E-state index contributed by atoms with van der Waals surface area (Å²) in [6.07, 6.45) is 9.16. The monoisotopic (exact) mass is 209 g/mol. The fourth-order valence-corrected chi connectivity index (χ4v) is 2.98. The van der Waals surface area contributed by atoms with E-state index in [1.165, 1.54) is 25.7 Å². The quantitative estimate of drug-likeness (QED) is 0.754. The van der Waals surface area contributed by atoms with Crippen LogP contribution >= 0.6 is 0 Å². The molecule has 2 nitrogen and oxygen atoms in total. The first-order valence-electron chi connectivity index (χ1n) is 6.55. The van der Waals surface area contributed by atoms with Crippen molar-refractivity contribution in [2.45, 2.75) is 63.8 Å². The predicted molar refractivity (Wildman–Crippen MR) is 61.8 cm³/mol. The molecular formula is C13H23NO. The second-order valence-corrected chi connectivity index (χ2v) is 5.29. The lowest BCUT2D eigenvalue weighted by molar-refractivity contribution is -0.126. The van der Waals surface area contributed by atoms with Gasteiger partial charge in [0.25, 0.3) is 0 Å². The van der Waals surface area contributed by atoms with Crippen LogP contribution in [0.3, 0.4) is 0 Å². The highest BCUT2D eigenvalue weighted by Gasteiger charge is 2.40. The van der Waals surface area contributed by atoms with Gasteiger partial charge < -0.3 is 5.32 Å². The molecule has 0 aromatic rings. The van der Waals surface area contributed by atoms with Crippen molar-refractivity contribution in [1.29, 1.82) is 0 Å². The molecule has 0 bridgehead atoms. The first kappa shape index (κ1) is 11.1. The number of rotatable bonds is 5. The van der Waals surface area contributed by atoms with E-state index in [9.17, 15) is 4.79 Å². The van der Waals surface area contributed by atoms with E-state index in [2.05, 4.69) is 12.2 Å². The second-order valence-electron chi connectivity index (χ2n) is 5.29. The van der Waals surface area contributed by atoms with Crippen molar-refractivity contribution in [3.63, 3.8) is 0 Å². The van der Waals surface area contributed by atoms with E-state index >= 15 is 0 Å². The summed E-state index contributed by atoms with van der Waals surface area (Å²) >= 11 is 0. The molecule has 2 heteroatoms. The van der Waals surface area contributed by atoms with E-state index in [0.29, 0.717) is 11.7 Å². The Bertz CT molecular complexity index is 227. The standard InChI is InChI=1S/C13H23NO/c1-2-7-13(8-4-9-14-13)12(15)10-11-5-3-6-11/h11,14H,2-10H2,1H3. The Morgan fingerprint density at radius 1 is 1.40 bits per heavy atom. The van der Waals surface area contributed by atoms with Crippen molar-refractivity contribution in [2.75, 3.05) is 6.54 Å². The third-order valence-corrected chi connectivity index (χ3v) is 4.15. The molecule has 1 aliphatic heterocycles. The summed E-state index contributed by atoms with van der Waals surface area (Å²) in [5.41, 5.74) is -0.121. The van der Waals surface area contributed by atoms with Crippen LogP contribution in [0.25, 0.3) is 0 Å². The van der Waals surface area contributed by atoms with Crippen molar-refractivity contribution in [2.24, 2.45) is 5.92 Å². The Hall–Kier alpha value is -0.370. The van der Waals surface area contributed by atoms with Gasteiger partial charge in [-0.15, -0.1) is 0 Å². The third kappa shape index (κ3) is 2.25. The van der Waals surface area contributed by atoms with Crippen molar-refractivity contribution < 1.29 is 4.79 Å². The molecule has 15 heavy (non-hydrogen) atoms. The predicted octanol–water partition coefficient (Wildman–Crippen LogP) is 2.67. The second kappa shape index (κ2) is 4.65. The van der Waals surface area contributed by atoms with Crippen molar-refractivity contribution in [1.82, 2.24) is 5.32 Å². The molecule has 2 rings (SSSR count). The van der Waals surface area contributed by atoms with Gasteiger partial charge in [0.1, 0.15) is 0 Å². The summed E-state index contributed by atoms with van der Waals surface area (Å²) in [5.74, 6) is 1.22. The lowest BCUT2D eigenvalue weighted by atomic mass is 9.76. The highest BCUT2D eigenvalue weighted by atomic mass is 16.1. The van der Waals surface area contributed by atoms with Crippen molar-refractivity contribution in [3.05, 3.63) is 0 Å². The van der Waals surface area contributed by atoms with Gasteiger partial charge in [-0.2, -0.15) is 0 Å². The third-order valence-electron chi connectivity index (χ3n) is 4.15. The number of hydrogen-bond donors (Lipinski definition) is 1. The first-order valence-corrected chi connectivity index (χ1v) is 6.55. The largest absolute Gasteiger partial charge is 0.305 e. The topological polar surface area (TPSA) is 29.1 Å². The zero-order valence-electron chi connectivity index (χ0n) is 9.85. The normalized spacial score (nSPS) is 31.5. The summed E-state index contributed by atoms with van der Waals surface area (Å²) in [7, 11) is 0. The molecule has 2 fully saturated rings. The van der Waals surface area contributed by atoms with Crippen LogP contribution in [0.5, 0.6) is 0 Å². The van der Waals surface area contributed by atoms with Crippen LogP contribution in [0.15, 0.2) is 0 Å². The average Bonchev–Trinajstić information content (AvgIpc) is 2.61. The van der Waals surface area contributed by atoms with Crippen LogP contribution in [0, 0.1) is 5.92 Å². The lowest BCUT2D eigenvalue weighted by Gasteiger charge is -2.32. The Morgan fingerprint density at radius 2 is 2.20 bits per heavy atom. The van der Waals surface area contributed by atoms with Crippen molar-refractivity contribution in [3.8, 4) is 0 Å². The smallest absolute Gasteiger partial charge is 0.153 e. The molecule has 1 saturated heterocycles. The van der Waals surface area contributed by atoms with Gasteiger partial charge in [0.15, 0.2) is 5.78 Å². The highest BCUT2D eigenvalue weighted by molar-refractivity contribution is 5.89. The molecule has 1 N–H and O–H groups in total. The Balaban J connectivity index is 1.93. The van der Waals surface area contributed by atoms with Crippen LogP contribution < -0.4 is 5.32 Å². The van der Waals surface area contributed by atoms with Gasteiger partial charge in [-0.25, -0.2) is 0 Å². The minimum Gasteiger partial charge on any atom is -0.305 e. The number of ketones is 1. The first-order chi connectivity index (χ1) is 7.27. The number of nitrogens with one attached hydrogen (secondary N) is 1. The summed E-state index contributed by atoms with van der Waals surface area (Å²) in [6.45, 7) is 3.22. The minimum absolute atomic E-state index is 0.121. The van der Waals surface area contributed by atoms with Crippen LogP contribution in [0.2, 0.25) is 0 Å². The van der Waals surface area contributed by atoms with Gasteiger partial charge >= 0.3 is 0 Å². The molecule has 1 aliphatic carbocycles. The van der Waals surface area contributed by atoms with Gasteiger partial charge in [-0.1, -0.05) is 32.6 Å². The Labute approximate surface area is 92.8 Å². The summed E-state index contributed by atoms with van der Waals surface area (Å²) in [4.78, 5) is 12.3. The maximum absolute atomic E-state index is 12.3. The number of hydrogen-bond acceptors (Lipinski definition) is 2. The SMILES string of the molecule is CCCC1(C(=O)CC2CCC2)CCCN1. The maximum atomic E-state index is 12.3. The molecule has 1 saturated carbocycles. The van der Waals surface area contributed by atoms with Gasteiger partial charge in [-0.05, 0) is 31.7 Å². The van der Waals surface area contributed by atoms with E-state index in [1.54, 1.807) is 0 Å². The summed E-state index contributed by atoms with van der Waals surface area (Å²) in [6, 6.07) is 0. The molecule has 0 amide bonds. The molecule has 0 radical (unpaired) electrons. The fourth-order valence-electron chi connectivity index (χ4n) is 2.98. The van der Waals surface area contributed by atoms with Gasteiger partial charge in [0, 0.05) is 6.42 Å². The lowest BCUT2D eigenvalue weighted by Crippen LogP contribution is -2.48. The molecule has 1 heterocycles. The van der Waals surface area contributed by atoms with E-state index in [-0.39, 0.29) is 5.54 Å². The van der Waals surface area contributed by atoms with Gasteiger partial charge in [0.2, 0.25) is 0 Å². The zero-order chi connectivity index (χ0) is 10.7. The number of carbonyl (C=O) groups excluding carboxylic acids is 1. The Kier molecular flexibility index (Phi) is 3.45. The summed E-state index contributed by atoms with van der Waals surface area (Å²) in [5, 5.41) is 3.47. The van der Waals surface area contributed by atoms with E-state index in [1.807, 2.05) is 0 Å². The van der Waals surface area contributed by atoms with Crippen molar-refractivity contribution >= 4 is 5.78 Å². The molecule has 86 valence electrons. The van der Waals surface area contributed by atoms with Crippen LogP contribution in [-0.4, -0.2) is 17.9 Å². The molecule has 1 atom stereocenters.